The lowest BCUT2D eigenvalue weighted by Gasteiger charge is -2.21. The molecule has 6 nitrogen and oxygen atoms in total. The maximum absolute atomic E-state index is 10.4. The molecule has 0 radical (unpaired) electrons. The van der Waals surface area contributed by atoms with Crippen molar-refractivity contribution < 1.29 is 10.2 Å². The summed E-state index contributed by atoms with van der Waals surface area (Å²) in [5, 5.41) is 38.5. The lowest BCUT2D eigenvalue weighted by molar-refractivity contribution is 0.0664. The van der Waals surface area contributed by atoms with Gasteiger partial charge >= 0.3 is 0 Å². The molecule has 0 saturated heterocycles. The Morgan fingerprint density at radius 2 is 0.975 bits per heavy atom. The topological polar surface area (TPSA) is 114 Å². The molecule has 6 rings (SSSR count). The summed E-state index contributed by atoms with van der Waals surface area (Å²) in [6.07, 6.45) is 7.95. The minimum Gasteiger partial charge on any atom is -0.388 e. The van der Waals surface area contributed by atoms with Crippen LogP contribution in [0.1, 0.15) is 73.3 Å². The second-order valence-electron chi connectivity index (χ2n) is 12.0. The summed E-state index contributed by atoms with van der Waals surface area (Å²) in [7, 11) is 0. The Hall–Kier alpha value is -4.36. The molecule has 0 amide bonds. The molecule has 6 heteroatoms. The molecule has 0 aliphatic heterocycles. The van der Waals surface area contributed by atoms with E-state index < -0.39 is 12.2 Å². The molecule has 40 heavy (non-hydrogen) atoms. The number of nitriles is 2. The van der Waals surface area contributed by atoms with Crippen molar-refractivity contribution in [2.75, 3.05) is 0 Å². The number of hydrogen-bond acceptors (Lipinski definition) is 6. The van der Waals surface area contributed by atoms with Gasteiger partial charge in [-0.05, 0) is 70.2 Å². The summed E-state index contributed by atoms with van der Waals surface area (Å²) in [6.45, 7) is 8.28. The van der Waals surface area contributed by atoms with Crippen LogP contribution in [0.3, 0.4) is 0 Å². The Morgan fingerprint density at radius 1 is 0.625 bits per heavy atom. The van der Waals surface area contributed by atoms with Crippen LogP contribution in [0.25, 0.3) is 22.3 Å². The predicted octanol–water partition coefficient (Wildman–Crippen LogP) is 6.47. The Kier molecular flexibility index (Phi) is 7.02. The molecule has 2 aromatic heterocycles. The van der Waals surface area contributed by atoms with Crippen molar-refractivity contribution in [3.63, 3.8) is 0 Å². The van der Waals surface area contributed by atoms with Gasteiger partial charge < -0.3 is 10.2 Å². The summed E-state index contributed by atoms with van der Waals surface area (Å²) in [6, 6.07) is 19.2. The van der Waals surface area contributed by atoms with Crippen molar-refractivity contribution in [3.8, 4) is 34.4 Å². The van der Waals surface area contributed by atoms with Crippen molar-refractivity contribution in [1.82, 2.24) is 9.97 Å². The first kappa shape index (κ1) is 27.2. The summed E-state index contributed by atoms with van der Waals surface area (Å²) in [5.41, 5.74) is 9.35. The number of fused-ring (bicyclic) bond motifs is 2. The molecule has 2 N–H and O–H groups in total. The van der Waals surface area contributed by atoms with E-state index in [9.17, 15) is 10.2 Å². The first-order valence-corrected chi connectivity index (χ1v) is 13.4. The number of rotatable bonds is 2. The van der Waals surface area contributed by atoms with Gasteiger partial charge in [0.1, 0.15) is 0 Å². The van der Waals surface area contributed by atoms with E-state index in [1.807, 2.05) is 60.9 Å². The Balaban J connectivity index is 0.000000161. The van der Waals surface area contributed by atoms with E-state index in [0.29, 0.717) is 11.1 Å². The minimum atomic E-state index is -0.469. The van der Waals surface area contributed by atoms with Crippen molar-refractivity contribution in [2.45, 2.75) is 52.7 Å². The van der Waals surface area contributed by atoms with Crippen molar-refractivity contribution >= 4 is 0 Å². The minimum absolute atomic E-state index is 0.160. The van der Waals surface area contributed by atoms with Crippen LogP contribution in [-0.2, 0) is 12.8 Å². The molecule has 200 valence electrons. The zero-order valence-electron chi connectivity index (χ0n) is 23.2. The van der Waals surface area contributed by atoms with Gasteiger partial charge in [-0.3, -0.25) is 9.97 Å². The molecule has 2 aliphatic carbocycles. The fraction of sp³-hybridized carbons (Fsp3) is 0.294. The molecule has 2 unspecified atom stereocenters. The number of aliphatic hydroxyl groups excluding tert-OH is 2. The second-order valence-corrected chi connectivity index (χ2v) is 12.0. The summed E-state index contributed by atoms with van der Waals surface area (Å²) >= 11 is 0. The number of hydrogen-bond donors (Lipinski definition) is 2. The van der Waals surface area contributed by atoms with Crippen LogP contribution < -0.4 is 0 Å². The van der Waals surface area contributed by atoms with E-state index in [1.165, 1.54) is 11.1 Å². The van der Waals surface area contributed by atoms with Crippen molar-refractivity contribution in [1.29, 1.82) is 10.5 Å². The summed E-state index contributed by atoms with van der Waals surface area (Å²) in [5.74, 6) is 0. The molecule has 0 bridgehead atoms. The molecule has 2 aromatic carbocycles. The summed E-state index contributed by atoms with van der Waals surface area (Å²) in [4.78, 5) is 8.53. The zero-order chi connectivity index (χ0) is 28.7. The molecule has 2 heterocycles. The van der Waals surface area contributed by atoms with Crippen LogP contribution in [-0.4, -0.2) is 20.2 Å². The molecular formula is C34H32N4O2. The van der Waals surface area contributed by atoms with E-state index in [1.54, 1.807) is 12.4 Å². The number of pyridine rings is 2. The SMILES string of the molecule is CC1(C)Cc2c(-c3ccc(C#N)cc3)cncc2C1O.CC1(C)Cc2c(-c3ccc(C#N)cc3)cncc2C1O. The largest absolute Gasteiger partial charge is 0.388 e. The highest BCUT2D eigenvalue weighted by Crippen LogP contribution is 2.48. The highest BCUT2D eigenvalue weighted by Gasteiger charge is 2.40. The number of aliphatic hydroxyl groups is 2. The third-order valence-electron chi connectivity index (χ3n) is 8.17. The van der Waals surface area contributed by atoms with E-state index in [4.69, 9.17) is 10.5 Å². The maximum atomic E-state index is 10.4. The van der Waals surface area contributed by atoms with Crippen LogP contribution in [0.5, 0.6) is 0 Å². The monoisotopic (exact) mass is 528 g/mol. The van der Waals surface area contributed by atoms with Gasteiger partial charge in [-0.25, -0.2) is 0 Å². The van der Waals surface area contributed by atoms with Crippen LogP contribution >= 0.6 is 0 Å². The highest BCUT2D eigenvalue weighted by molar-refractivity contribution is 5.70. The van der Waals surface area contributed by atoms with Gasteiger partial charge in [0.05, 0.1) is 35.5 Å². The van der Waals surface area contributed by atoms with Gasteiger partial charge in [-0.15, -0.1) is 0 Å². The van der Waals surface area contributed by atoms with E-state index >= 15 is 0 Å². The van der Waals surface area contributed by atoms with Crippen molar-refractivity contribution in [2.24, 2.45) is 10.8 Å². The maximum Gasteiger partial charge on any atom is 0.0991 e. The smallest absolute Gasteiger partial charge is 0.0991 e. The molecule has 2 aliphatic rings. The molecule has 2 atom stereocenters. The lowest BCUT2D eigenvalue weighted by atomic mass is 9.87. The third-order valence-corrected chi connectivity index (χ3v) is 8.17. The fourth-order valence-corrected chi connectivity index (χ4v) is 5.77. The van der Waals surface area contributed by atoms with Gasteiger partial charge in [0, 0.05) is 47.0 Å². The van der Waals surface area contributed by atoms with Crippen LogP contribution in [0.15, 0.2) is 73.3 Å². The second kappa shape index (κ2) is 10.3. The highest BCUT2D eigenvalue weighted by atomic mass is 16.3. The average molecular weight is 529 g/mol. The number of aromatic nitrogens is 2. The van der Waals surface area contributed by atoms with Crippen LogP contribution in [0, 0.1) is 33.5 Å². The first-order valence-electron chi connectivity index (χ1n) is 13.4. The van der Waals surface area contributed by atoms with E-state index in [0.717, 1.165) is 46.2 Å². The van der Waals surface area contributed by atoms with Crippen LogP contribution in [0.4, 0.5) is 0 Å². The predicted molar refractivity (Wildman–Crippen MR) is 154 cm³/mol. The normalized spacial score (nSPS) is 19.4. The quantitative estimate of drug-likeness (QED) is 0.308. The zero-order valence-corrected chi connectivity index (χ0v) is 23.2. The molecular weight excluding hydrogens is 496 g/mol. The number of nitrogens with zero attached hydrogens (tertiary/aromatic N) is 4. The average Bonchev–Trinajstić information content (AvgIpc) is 3.35. The van der Waals surface area contributed by atoms with Gasteiger partial charge in [0.2, 0.25) is 0 Å². The van der Waals surface area contributed by atoms with Gasteiger partial charge in [-0.1, -0.05) is 52.0 Å². The molecule has 4 aromatic rings. The Labute approximate surface area is 235 Å². The molecule has 0 spiro atoms. The van der Waals surface area contributed by atoms with Crippen LogP contribution in [0.2, 0.25) is 0 Å². The Bertz CT molecular complexity index is 1520. The van der Waals surface area contributed by atoms with Gasteiger partial charge in [-0.2, -0.15) is 10.5 Å². The Morgan fingerprint density at radius 3 is 1.30 bits per heavy atom. The van der Waals surface area contributed by atoms with Gasteiger partial charge in [0.25, 0.3) is 0 Å². The van der Waals surface area contributed by atoms with E-state index in [2.05, 4.69) is 49.8 Å². The molecule has 0 fully saturated rings. The first-order chi connectivity index (χ1) is 19.1. The fourth-order valence-electron chi connectivity index (χ4n) is 5.77. The van der Waals surface area contributed by atoms with E-state index in [-0.39, 0.29) is 10.8 Å². The summed E-state index contributed by atoms with van der Waals surface area (Å²) < 4.78 is 0. The molecule has 0 saturated carbocycles. The lowest BCUT2D eigenvalue weighted by Crippen LogP contribution is -2.16. The standard InChI is InChI=1S/2C17H16N2O/c2*1-17(2)7-13-14(9-19-10-15(13)16(17)20)12-5-3-11(8-18)4-6-12/h2*3-6,9-10,16,20H,7H2,1-2H3. The number of benzene rings is 2. The third kappa shape index (κ3) is 4.89. The van der Waals surface area contributed by atoms with Gasteiger partial charge in [0.15, 0.2) is 0 Å². The van der Waals surface area contributed by atoms with Crippen molar-refractivity contribution in [3.05, 3.63) is 107 Å².